The molecule has 0 aliphatic heterocycles. The second-order valence-corrected chi connectivity index (χ2v) is 9.50. The molecule has 3 atom stereocenters. The Bertz CT molecular complexity index is 1270. The van der Waals surface area contributed by atoms with Gasteiger partial charge in [0.15, 0.2) is 11.5 Å². The zero-order valence-corrected chi connectivity index (χ0v) is 19.5. The third kappa shape index (κ3) is 4.94. The third-order valence-electron chi connectivity index (χ3n) is 6.51. The number of nitrogens with zero attached hydrogens (tertiary/aromatic N) is 4. The van der Waals surface area contributed by atoms with Crippen LogP contribution in [0.1, 0.15) is 55.5 Å². The second kappa shape index (κ2) is 8.91. The fourth-order valence-electron chi connectivity index (χ4n) is 4.31. The fraction of sp³-hybridized carbons (Fsp3) is 0.545. The van der Waals surface area contributed by atoms with Crippen LogP contribution in [-0.2, 0) is 22.3 Å². The summed E-state index contributed by atoms with van der Waals surface area (Å²) in [6.07, 6.45) is -3.21. The predicted octanol–water partition coefficient (Wildman–Crippen LogP) is 4.22. The average molecular weight is 511 g/mol. The van der Waals surface area contributed by atoms with Crippen molar-refractivity contribution in [3.8, 4) is 0 Å². The van der Waals surface area contributed by atoms with Crippen LogP contribution in [0.25, 0.3) is 5.65 Å². The van der Waals surface area contributed by atoms with Crippen molar-refractivity contribution in [2.75, 3.05) is 12.4 Å². The molecule has 0 saturated heterocycles. The number of halogens is 4. The summed E-state index contributed by atoms with van der Waals surface area (Å²) < 4.78 is 66.4. The van der Waals surface area contributed by atoms with Gasteiger partial charge in [0, 0.05) is 42.7 Å². The smallest absolute Gasteiger partial charge is 0.421 e. The van der Waals surface area contributed by atoms with Crippen LogP contribution in [0.3, 0.4) is 0 Å². The number of ether oxygens (including phenoxy) is 2. The number of nitrogens with one attached hydrogen (secondary N) is 3. The van der Waals surface area contributed by atoms with E-state index in [0.29, 0.717) is 17.6 Å². The van der Waals surface area contributed by atoms with Crippen molar-refractivity contribution in [2.24, 2.45) is 0 Å². The molecular weight excluding hydrogens is 486 g/mol. The number of H-pyrrole nitrogens is 1. The molecular formula is C22H25F4N7O3. The first kappa shape index (κ1) is 24.3. The van der Waals surface area contributed by atoms with Crippen molar-refractivity contribution >= 4 is 23.5 Å². The molecule has 0 radical (unpaired) electrons. The quantitative estimate of drug-likeness (QED) is 0.407. The van der Waals surface area contributed by atoms with Crippen molar-refractivity contribution in [3.63, 3.8) is 0 Å². The van der Waals surface area contributed by atoms with E-state index in [1.165, 1.54) is 17.7 Å². The number of alkyl halides is 4. The first-order valence-electron chi connectivity index (χ1n) is 11.4. The normalized spacial score (nSPS) is 23.1. The zero-order valence-electron chi connectivity index (χ0n) is 19.5. The maximum atomic E-state index is 14.6. The number of aromatic amines is 1. The number of aromatic nitrogens is 5. The Labute approximate surface area is 202 Å². The van der Waals surface area contributed by atoms with Gasteiger partial charge in [-0.2, -0.15) is 18.3 Å². The van der Waals surface area contributed by atoms with Gasteiger partial charge in [-0.05, 0) is 32.6 Å². The highest BCUT2D eigenvalue weighted by molar-refractivity contribution is 5.69. The largest absolute Gasteiger partial charge is 0.443 e. The monoisotopic (exact) mass is 511 g/mol. The van der Waals surface area contributed by atoms with Crippen LogP contribution in [-0.4, -0.2) is 55.6 Å². The third-order valence-corrected chi connectivity index (χ3v) is 6.51. The van der Waals surface area contributed by atoms with Gasteiger partial charge in [0.2, 0.25) is 5.95 Å². The van der Waals surface area contributed by atoms with Crippen molar-refractivity contribution in [1.82, 2.24) is 29.9 Å². The SMILES string of the molecule is COCc1cn2c(Nc3cc([C@H]4C[C@@H](F)[C@@H](OC(=O)NC5(C)CC5)C4)[nH]n3)ncc(C(F)(F)F)c2n1. The minimum absolute atomic E-state index is 0.0253. The van der Waals surface area contributed by atoms with E-state index in [4.69, 9.17) is 9.47 Å². The van der Waals surface area contributed by atoms with E-state index in [1.54, 1.807) is 6.07 Å². The van der Waals surface area contributed by atoms with E-state index in [1.807, 2.05) is 6.92 Å². The molecule has 14 heteroatoms. The van der Waals surface area contributed by atoms with Gasteiger partial charge < -0.3 is 20.1 Å². The Morgan fingerprint density at radius 2 is 2.11 bits per heavy atom. The Morgan fingerprint density at radius 3 is 2.81 bits per heavy atom. The lowest BCUT2D eigenvalue weighted by atomic mass is 10.0. The number of carbonyl (C=O) groups excluding carboxylic acids is 1. The number of hydrogen-bond acceptors (Lipinski definition) is 7. The van der Waals surface area contributed by atoms with Crippen molar-refractivity contribution in [1.29, 1.82) is 0 Å². The first-order chi connectivity index (χ1) is 17.0. The highest BCUT2D eigenvalue weighted by Crippen LogP contribution is 2.39. The van der Waals surface area contributed by atoms with Crippen LogP contribution in [0.15, 0.2) is 18.5 Å². The summed E-state index contributed by atoms with van der Waals surface area (Å²) in [6.45, 7) is 1.93. The molecule has 2 saturated carbocycles. The number of methoxy groups -OCH3 is 1. The van der Waals surface area contributed by atoms with Gasteiger partial charge in [-0.3, -0.25) is 9.50 Å². The van der Waals surface area contributed by atoms with Gasteiger partial charge in [0.25, 0.3) is 0 Å². The van der Waals surface area contributed by atoms with Crippen molar-refractivity contribution in [2.45, 2.75) is 69.1 Å². The number of imidazole rings is 1. The summed E-state index contributed by atoms with van der Waals surface area (Å²) in [5.74, 6) is 0.0615. The maximum absolute atomic E-state index is 14.6. The topological polar surface area (TPSA) is 118 Å². The molecule has 0 aromatic carbocycles. The van der Waals surface area contributed by atoms with Crippen LogP contribution < -0.4 is 10.6 Å². The molecule has 3 heterocycles. The lowest BCUT2D eigenvalue weighted by Crippen LogP contribution is -2.38. The van der Waals surface area contributed by atoms with E-state index in [2.05, 4.69) is 30.8 Å². The summed E-state index contributed by atoms with van der Waals surface area (Å²) >= 11 is 0. The first-order valence-corrected chi connectivity index (χ1v) is 11.4. The molecule has 2 fully saturated rings. The number of hydrogen-bond donors (Lipinski definition) is 3. The van der Waals surface area contributed by atoms with Gasteiger partial charge in [0.05, 0.1) is 12.3 Å². The molecule has 5 rings (SSSR count). The van der Waals surface area contributed by atoms with E-state index in [9.17, 15) is 22.4 Å². The minimum atomic E-state index is -4.64. The highest BCUT2D eigenvalue weighted by atomic mass is 19.4. The Morgan fingerprint density at radius 1 is 1.33 bits per heavy atom. The molecule has 2 aliphatic carbocycles. The summed E-state index contributed by atoms with van der Waals surface area (Å²) in [6, 6.07) is 1.63. The lowest BCUT2D eigenvalue weighted by molar-refractivity contribution is -0.136. The molecule has 36 heavy (non-hydrogen) atoms. The summed E-state index contributed by atoms with van der Waals surface area (Å²) in [7, 11) is 1.41. The van der Waals surface area contributed by atoms with E-state index in [-0.39, 0.29) is 48.3 Å². The molecule has 3 aromatic heterocycles. The maximum Gasteiger partial charge on any atom is 0.421 e. The number of alkyl carbamates (subject to hydrolysis) is 1. The second-order valence-electron chi connectivity index (χ2n) is 9.50. The molecule has 2 aliphatic rings. The van der Waals surface area contributed by atoms with Gasteiger partial charge in [-0.1, -0.05) is 0 Å². The van der Waals surface area contributed by atoms with Gasteiger partial charge >= 0.3 is 12.3 Å². The number of fused-ring (bicyclic) bond motifs is 1. The van der Waals surface area contributed by atoms with Crippen LogP contribution in [0.5, 0.6) is 0 Å². The fourth-order valence-corrected chi connectivity index (χ4v) is 4.31. The summed E-state index contributed by atoms with van der Waals surface area (Å²) in [5.41, 5.74) is -0.662. The summed E-state index contributed by atoms with van der Waals surface area (Å²) in [5, 5.41) is 12.6. The Hall–Kier alpha value is -3.42. The van der Waals surface area contributed by atoms with E-state index in [0.717, 1.165) is 12.8 Å². The Kier molecular flexibility index (Phi) is 6.01. The number of carbonyl (C=O) groups is 1. The Balaban J connectivity index is 1.30. The van der Waals surface area contributed by atoms with Crippen LogP contribution >= 0.6 is 0 Å². The van der Waals surface area contributed by atoms with Crippen molar-refractivity contribution in [3.05, 3.63) is 35.4 Å². The van der Waals surface area contributed by atoms with Gasteiger partial charge in [0.1, 0.15) is 17.8 Å². The highest BCUT2D eigenvalue weighted by Gasteiger charge is 2.42. The zero-order chi connectivity index (χ0) is 25.7. The minimum Gasteiger partial charge on any atom is -0.443 e. The van der Waals surface area contributed by atoms with Crippen LogP contribution in [0.2, 0.25) is 0 Å². The number of rotatable bonds is 7. The number of anilines is 2. The standard InChI is InChI=1S/C22H25F4N7O3/c1-21(3-4-21)30-20(34)36-16-6-11(5-14(16)23)15-7-17(32-31-15)29-19-27-8-13(22(24,25)26)18-28-12(10-35-2)9-33(18)19/h7-9,11,14,16H,3-6,10H2,1-2H3,(H,30,34)(H2,27,29,31,32)/t11-,14+,16-/m0/s1. The number of amides is 1. The lowest BCUT2D eigenvalue weighted by Gasteiger charge is -2.17. The molecule has 0 bridgehead atoms. The molecule has 0 unspecified atom stereocenters. The molecule has 1 amide bonds. The predicted molar refractivity (Wildman–Crippen MR) is 118 cm³/mol. The molecule has 0 spiro atoms. The molecule has 3 N–H and O–H groups in total. The molecule has 3 aromatic rings. The molecule has 194 valence electrons. The van der Waals surface area contributed by atoms with Crippen LogP contribution in [0.4, 0.5) is 34.1 Å². The van der Waals surface area contributed by atoms with E-state index < -0.39 is 30.1 Å². The van der Waals surface area contributed by atoms with E-state index >= 15 is 0 Å². The summed E-state index contributed by atoms with van der Waals surface area (Å²) in [4.78, 5) is 20.0. The average Bonchev–Trinajstić information content (AvgIpc) is 3.14. The van der Waals surface area contributed by atoms with Gasteiger partial charge in [-0.25, -0.2) is 19.2 Å². The van der Waals surface area contributed by atoms with Gasteiger partial charge in [-0.15, -0.1) is 0 Å². The molecule has 10 nitrogen and oxygen atoms in total. The van der Waals surface area contributed by atoms with Crippen LogP contribution in [0, 0.1) is 0 Å². The van der Waals surface area contributed by atoms with Crippen molar-refractivity contribution < 1.29 is 31.8 Å².